The number of carboxylic acids is 1. The lowest BCUT2D eigenvalue weighted by molar-refractivity contribution is -0.342. The van der Waals surface area contributed by atoms with Gasteiger partial charge in [-0.05, 0) is 0 Å². The minimum Gasteiger partial charge on any atom is -0.481 e. The summed E-state index contributed by atoms with van der Waals surface area (Å²) in [5.74, 6) is -11.6. The Bertz CT molecular complexity index is 1200. The van der Waals surface area contributed by atoms with Gasteiger partial charge >= 0.3 is 47.8 Å². The van der Waals surface area contributed by atoms with Crippen LogP contribution in [-0.2, 0) is 81.0 Å². The Morgan fingerprint density at radius 1 is 0.636 bits per heavy atom. The van der Waals surface area contributed by atoms with Crippen molar-refractivity contribution >= 4 is 47.8 Å². The van der Waals surface area contributed by atoms with E-state index < -0.39 is 121 Å². The minimum absolute atomic E-state index is 0.601. The van der Waals surface area contributed by atoms with E-state index in [1.165, 1.54) is 0 Å². The van der Waals surface area contributed by atoms with Crippen molar-refractivity contribution in [1.29, 1.82) is 0 Å². The Morgan fingerprint density at radius 3 is 1.61 bits per heavy atom. The lowest BCUT2D eigenvalue weighted by Crippen LogP contribution is -2.72. The largest absolute Gasteiger partial charge is 0.481 e. The van der Waals surface area contributed by atoms with E-state index in [0.717, 1.165) is 41.5 Å². The van der Waals surface area contributed by atoms with Gasteiger partial charge in [-0.3, -0.25) is 38.4 Å². The van der Waals surface area contributed by atoms with Crippen LogP contribution in [0.2, 0.25) is 0 Å². The Labute approximate surface area is 249 Å². The molecule has 4 rings (SSSR count). The predicted molar refractivity (Wildman–Crippen MR) is 132 cm³/mol. The first-order valence-corrected chi connectivity index (χ1v) is 13.3. The van der Waals surface area contributed by atoms with Crippen molar-refractivity contribution in [1.82, 2.24) is 0 Å². The number of ether oxygens (including phenoxy) is 9. The SMILES string of the molecule is CC(=O)OC[C@H]1O[C@@H](O[C@H]2[C@H](OC(C)=O)[C@H]3OC(=O)[C@@H]2[C@H](C(=O)O)[C@H]3OC(C)=O)[C@H](OC(C)=O)[C@@H](OC(C)=O)[C@@H]1OC(C)=O. The van der Waals surface area contributed by atoms with Gasteiger partial charge in [0.1, 0.15) is 30.7 Å². The molecule has 18 heteroatoms. The van der Waals surface area contributed by atoms with Crippen LogP contribution in [0, 0.1) is 11.8 Å². The average Bonchev–Trinajstić information content (AvgIpc) is 2.87. The molecule has 0 aromatic heterocycles. The molecular formula is C26H32O18. The van der Waals surface area contributed by atoms with Gasteiger partial charge in [-0.15, -0.1) is 0 Å². The summed E-state index contributed by atoms with van der Waals surface area (Å²) in [6.45, 7) is 5.48. The van der Waals surface area contributed by atoms with E-state index in [-0.39, 0.29) is 0 Å². The molecule has 0 unspecified atom stereocenters. The van der Waals surface area contributed by atoms with Gasteiger partial charge in [0, 0.05) is 41.5 Å². The summed E-state index contributed by atoms with van der Waals surface area (Å²) < 4.78 is 48.7. The molecule has 44 heavy (non-hydrogen) atoms. The summed E-state index contributed by atoms with van der Waals surface area (Å²) in [6.07, 6.45) is -14.7. The first-order valence-electron chi connectivity index (χ1n) is 13.3. The van der Waals surface area contributed by atoms with Crippen molar-refractivity contribution in [2.45, 2.75) is 96.7 Å². The first-order chi connectivity index (χ1) is 20.5. The number of rotatable bonds is 10. The molecule has 244 valence electrons. The number of carbonyl (C=O) groups excluding carboxylic acids is 7. The molecule has 0 amide bonds. The lowest BCUT2D eigenvalue weighted by atomic mass is 9.69. The van der Waals surface area contributed by atoms with E-state index in [1.807, 2.05) is 0 Å². The van der Waals surface area contributed by atoms with Crippen molar-refractivity contribution < 1.29 is 86.1 Å². The quantitative estimate of drug-likeness (QED) is 0.214. The zero-order valence-electron chi connectivity index (χ0n) is 24.4. The van der Waals surface area contributed by atoms with Gasteiger partial charge in [-0.25, -0.2) is 0 Å². The molecule has 3 aliphatic heterocycles. The maximum Gasteiger partial charge on any atom is 0.313 e. The molecule has 1 N–H and O–H groups in total. The van der Waals surface area contributed by atoms with Crippen molar-refractivity contribution in [3.8, 4) is 0 Å². The summed E-state index contributed by atoms with van der Waals surface area (Å²) in [6, 6.07) is 0. The van der Waals surface area contributed by atoms with Gasteiger partial charge in [0.15, 0.2) is 42.9 Å². The van der Waals surface area contributed by atoms with Gasteiger partial charge in [-0.1, -0.05) is 0 Å². The lowest BCUT2D eigenvalue weighted by Gasteiger charge is -2.53. The van der Waals surface area contributed by atoms with E-state index >= 15 is 0 Å². The Balaban J connectivity index is 2.12. The van der Waals surface area contributed by atoms with Crippen LogP contribution in [0.4, 0.5) is 0 Å². The molecule has 0 aromatic carbocycles. The van der Waals surface area contributed by atoms with Crippen LogP contribution in [0.5, 0.6) is 0 Å². The van der Waals surface area contributed by atoms with Gasteiger partial charge in [0.2, 0.25) is 0 Å². The van der Waals surface area contributed by atoms with Crippen LogP contribution in [-0.4, -0.2) is 115 Å². The third-order valence-corrected chi connectivity index (χ3v) is 6.72. The molecule has 0 spiro atoms. The van der Waals surface area contributed by atoms with Crippen LogP contribution in [0.3, 0.4) is 0 Å². The van der Waals surface area contributed by atoms with Gasteiger partial charge in [0.05, 0.1) is 0 Å². The topological polar surface area (TPSA) is 240 Å². The molecule has 0 aromatic rings. The van der Waals surface area contributed by atoms with Gasteiger partial charge in [-0.2, -0.15) is 0 Å². The zero-order valence-corrected chi connectivity index (χ0v) is 24.4. The number of hydrogen-bond donors (Lipinski definition) is 1. The van der Waals surface area contributed by atoms with E-state index in [1.54, 1.807) is 0 Å². The third kappa shape index (κ3) is 7.79. The summed E-state index contributed by atoms with van der Waals surface area (Å²) in [5, 5.41) is 10.0. The van der Waals surface area contributed by atoms with E-state index in [9.17, 15) is 43.5 Å². The molecule has 3 heterocycles. The molecule has 1 saturated carbocycles. The van der Waals surface area contributed by atoms with Crippen molar-refractivity contribution in [3.05, 3.63) is 0 Å². The van der Waals surface area contributed by atoms with Gasteiger partial charge < -0.3 is 47.7 Å². The molecule has 11 atom stereocenters. The number of esters is 7. The summed E-state index contributed by atoms with van der Waals surface area (Å²) in [4.78, 5) is 97.1. The maximum atomic E-state index is 13.0. The highest BCUT2D eigenvalue weighted by atomic mass is 16.7. The predicted octanol–water partition coefficient (Wildman–Crippen LogP) is -1.43. The first kappa shape index (κ1) is 34.2. The standard InChI is InChI=1S/C26H32O18/c1-8(27)36-7-14-17(37-9(2)28)20(39-11(4)30)23(41-13(6)32)26(42-14)44-19-16-15(24(33)34)18(38-10(3)29)22(43-25(16)35)21(19)40-12(5)31/h14-23,26H,7H2,1-6H3,(H,33,34)/t14-,15+,16-,17-,18-,19-,20+,21+,22+,23-,26+/m1/s1. The fourth-order valence-electron chi connectivity index (χ4n) is 5.39. The summed E-state index contributed by atoms with van der Waals surface area (Å²) in [5.41, 5.74) is 0. The maximum absolute atomic E-state index is 13.0. The highest BCUT2D eigenvalue weighted by Gasteiger charge is 2.67. The van der Waals surface area contributed by atoms with E-state index in [0.29, 0.717) is 0 Å². The average molecular weight is 633 g/mol. The number of carboxylic acid groups (broad SMARTS) is 1. The molecule has 3 saturated heterocycles. The van der Waals surface area contributed by atoms with Gasteiger partial charge in [0.25, 0.3) is 0 Å². The molecular weight excluding hydrogens is 600 g/mol. The van der Waals surface area contributed by atoms with Crippen molar-refractivity contribution in [2.75, 3.05) is 6.61 Å². The Kier molecular flexibility index (Phi) is 10.9. The van der Waals surface area contributed by atoms with Crippen LogP contribution in [0.15, 0.2) is 0 Å². The summed E-state index contributed by atoms with van der Waals surface area (Å²) >= 11 is 0. The number of carbonyl (C=O) groups is 8. The molecule has 4 fully saturated rings. The Hall–Kier alpha value is -4.32. The molecule has 1 aliphatic carbocycles. The second kappa shape index (κ2) is 14.0. The number of hydrogen-bond acceptors (Lipinski definition) is 17. The van der Waals surface area contributed by atoms with E-state index in [2.05, 4.69) is 0 Å². The summed E-state index contributed by atoms with van der Waals surface area (Å²) in [7, 11) is 0. The van der Waals surface area contributed by atoms with E-state index in [4.69, 9.17) is 42.6 Å². The third-order valence-electron chi connectivity index (χ3n) is 6.72. The van der Waals surface area contributed by atoms with Crippen LogP contribution in [0.25, 0.3) is 0 Å². The molecule has 0 radical (unpaired) electrons. The smallest absolute Gasteiger partial charge is 0.313 e. The highest BCUT2D eigenvalue weighted by Crippen LogP contribution is 2.45. The van der Waals surface area contributed by atoms with Crippen LogP contribution >= 0.6 is 0 Å². The molecule has 4 aliphatic rings. The Morgan fingerprint density at radius 2 is 1.11 bits per heavy atom. The normalized spacial score (nSPS) is 34.0. The van der Waals surface area contributed by atoms with Crippen LogP contribution < -0.4 is 0 Å². The zero-order chi connectivity index (χ0) is 33.0. The number of fused-ring (bicyclic) bond motifs is 3. The highest BCUT2D eigenvalue weighted by molar-refractivity contribution is 5.85. The minimum atomic E-state index is -1.85. The number of aliphatic carboxylic acids is 1. The fraction of sp³-hybridized carbons (Fsp3) is 0.692. The second-order valence-electron chi connectivity index (χ2n) is 10.1. The molecule has 2 bridgehead atoms. The molecule has 18 nitrogen and oxygen atoms in total. The van der Waals surface area contributed by atoms with Crippen molar-refractivity contribution in [2.24, 2.45) is 11.8 Å². The van der Waals surface area contributed by atoms with Crippen LogP contribution in [0.1, 0.15) is 41.5 Å². The van der Waals surface area contributed by atoms with Crippen molar-refractivity contribution in [3.63, 3.8) is 0 Å². The fourth-order valence-corrected chi connectivity index (χ4v) is 5.39. The monoisotopic (exact) mass is 632 g/mol. The second-order valence-corrected chi connectivity index (χ2v) is 10.1.